The van der Waals surface area contributed by atoms with Gasteiger partial charge in [0.1, 0.15) is 6.33 Å². The number of nitrogens with zero attached hydrogens (tertiary/aromatic N) is 6. The van der Waals surface area contributed by atoms with Crippen LogP contribution in [0.3, 0.4) is 0 Å². The van der Waals surface area contributed by atoms with Crippen LogP contribution >= 0.6 is 36.5 Å². The van der Waals surface area contributed by atoms with E-state index in [4.69, 9.17) is 42.4 Å². The Balaban J connectivity index is 0.000000244. The number of ether oxygens (including phenoxy) is 1. The van der Waals surface area contributed by atoms with Crippen molar-refractivity contribution in [2.24, 2.45) is 5.84 Å². The molecule has 0 aliphatic rings. The predicted octanol–water partition coefficient (Wildman–Crippen LogP) is 9.17. The highest BCUT2D eigenvalue weighted by Gasteiger charge is 2.18. The van der Waals surface area contributed by atoms with Gasteiger partial charge in [-0.1, -0.05) is 59.9 Å². The number of H-pyrrole nitrogens is 1. The molecule has 63 heavy (non-hydrogen) atoms. The monoisotopic (exact) mass is 914 g/mol. The zero-order chi connectivity index (χ0) is 41.5. The molecule has 0 spiro atoms. The van der Waals surface area contributed by atoms with Gasteiger partial charge in [0.05, 0.1) is 73.7 Å². The molecule has 9 rings (SSSR count). The second kappa shape index (κ2) is 24.4. The van der Waals surface area contributed by atoms with Crippen molar-refractivity contribution in [1.82, 2.24) is 40.0 Å². The fourth-order valence-electron chi connectivity index (χ4n) is 5.52. The highest BCUT2D eigenvalue weighted by molar-refractivity contribution is 7.94. The Morgan fingerprint density at radius 3 is 1.78 bits per heavy atom. The summed E-state index contributed by atoms with van der Waals surface area (Å²) in [5.74, 6) is 5.11. The average Bonchev–Trinajstić information content (AvgIpc) is 4.16. The number of nitrogens with two attached hydrogens (primary N) is 1. The molecular weight excluding hydrogens is 872 g/mol. The quantitative estimate of drug-likeness (QED) is 0.0116. The molecule has 0 bridgehead atoms. The van der Waals surface area contributed by atoms with Crippen molar-refractivity contribution < 1.29 is 37.0 Å². The summed E-state index contributed by atoms with van der Waals surface area (Å²) in [5, 5.41) is 16.4. The number of hydrogen-bond acceptors (Lipinski definition) is 16. The molecule has 0 saturated carbocycles. The second-order valence-electron chi connectivity index (χ2n) is 11.9. The second-order valence-corrected chi connectivity index (χ2v) is 13.5. The Labute approximate surface area is 376 Å². The number of carbonyl (C=O) groups excluding carboxylic acids is 1. The van der Waals surface area contributed by atoms with Crippen molar-refractivity contribution in [3.63, 3.8) is 0 Å². The number of furan rings is 2. The van der Waals surface area contributed by atoms with Crippen LogP contribution in [0.1, 0.15) is 27.3 Å². The number of hydrogen-bond donors (Lipinski definition) is 4. The first-order valence-corrected chi connectivity index (χ1v) is 19.2. The maximum atomic E-state index is 8.94. The summed E-state index contributed by atoms with van der Waals surface area (Å²) in [6.45, 7) is 2.25. The Bertz CT molecular complexity index is 2720. The average molecular weight is 915 g/mol. The Hall–Kier alpha value is -7.07. The van der Waals surface area contributed by atoms with E-state index in [1.54, 1.807) is 55.3 Å². The van der Waals surface area contributed by atoms with Crippen LogP contribution in [0.25, 0.3) is 55.7 Å². The molecule has 1 amide bonds. The summed E-state index contributed by atoms with van der Waals surface area (Å²) in [6, 6.07) is 26.8. The summed E-state index contributed by atoms with van der Waals surface area (Å²) in [6.07, 6.45) is 15.2. The molecule has 21 heteroatoms. The van der Waals surface area contributed by atoms with Gasteiger partial charge < -0.3 is 13.6 Å². The standard InChI is InChI=1S/C20H17N3O4S.C19H13N5O3S.CH4N2O.2CH4.ClH/c1-2-25-19(21)15-10-17-18(14-8-9-24-13-14)12-23(20(17)22-11-15)26-27-28-16-6-4-3-5-7-16;1-2-4-15(5-3-1)28-27-26-24-10-17(13-6-7-25-11-13)16-8-14(9-20-19(16)24)18-21-12-22-23-18;2-3-1-4;;;/h3-13,21H,2H2,1H3;1-12H,(H,21,22,23);1H,2H2,(H,3,4);2*1H4;1H. The van der Waals surface area contributed by atoms with Crippen LogP contribution in [0, 0.1) is 5.41 Å². The maximum absolute atomic E-state index is 8.94. The number of benzene rings is 2. The van der Waals surface area contributed by atoms with Crippen LogP contribution in [-0.4, -0.2) is 53.5 Å². The number of carbonyl (C=O) groups is 1. The first kappa shape index (κ1) is 48.6. The van der Waals surface area contributed by atoms with E-state index in [2.05, 4.69) is 31.0 Å². The van der Waals surface area contributed by atoms with Crippen LogP contribution in [0.4, 0.5) is 0 Å². The third-order valence-electron chi connectivity index (χ3n) is 8.16. The van der Waals surface area contributed by atoms with Crippen LogP contribution in [0.2, 0.25) is 0 Å². The number of hydrazine groups is 1. The molecule has 0 fully saturated rings. The van der Waals surface area contributed by atoms with E-state index >= 15 is 0 Å². The van der Waals surface area contributed by atoms with E-state index in [9.17, 15) is 0 Å². The van der Waals surface area contributed by atoms with Crippen molar-refractivity contribution in [2.45, 2.75) is 31.6 Å². The van der Waals surface area contributed by atoms with Crippen LogP contribution in [0.15, 0.2) is 160 Å². The van der Waals surface area contributed by atoms with Crippen molar-refractivity contribution in [3.05, 3.63) is 147 Å². The molecule has 18 nitrogen and oxygen atoms in total. The van der Waals surface area contributed by atoms with Gasteiger partial charge in [-0.05, 0) is 55.5 Å². The largest absolute Gasteiger partial charge is 0.478 e. The number of halogens is 1. The lowest BCUT2D eigenvalue weighted by atomic mass is 10.1. The number of amides is 1. The van der Waals surface area contributed by atoms with Crippen LogP contribution in [-0.2, 0) is 18.2 Å². The topological polar surface area (TPSA) is 229 Å². The van der Waals surface area contributed by atoms with Crippen LogP contribution in [0.5, 0.6) is 0 Å². The van der Waals surface area contributed by atoms with Gasteiger partial charge in [-0.3, -0.25) is 20.7 Å². The lowest BCUT2D eigenvalue weighted by Gasteiger charge is -2.06. The molecular formula is C42H43ClN10O8S2. The molecule has 0 aliphatic carbocycles. The molecule has 0 atom stereocenters. The van der Waals surface area contributed by atoms with Gasteiger partial charge in [0.15, 0.2) is 17.1 Å². The van der Waals surface area contributed by atoms with Crippen molar-refractivity contribution in [2.75, 3.05) is 6.61 Å². The molecule has 0 unspecified atom stereocenters. The molecule has 0 aliphatic heterocycles. The smallest absolute Gasteiger partial charge is 0.221 e. The van der Waals surface area contributed by atoms with E-state index in [0.29, 0.717) is 35.7 Å². The van der Waals surface area contributed by atoms with Gasteiger partial charge in [0, 0.05) is 60.8 Å². The number of fused-ring (bicyclic) bond motifs is 2. The summed E-state index contributed by atoms with van der Waals surface area (Å²) in [5.41, 5.74) is 7.81. The molecule has 7 heterocycles. The molecule has 9 aromatic rings. The minimum absolute atomic E-state index is 0. The van der Waals surface area contributed by atoms with Crippen LogP contribution < -0.4 is 21.2 Å². The highest BCUT2D eigenvalue weighted by Crippen LogP contribution is 2.33. The molecule has 0 saturated heterocycles. The Kier molecular flexibility index (Phi) is 18.8. The Morgan fingerprint density at radius 2 is 1.32 bits per heavy atom. The fourth-order valence-corrected chi connectivity index (χ4v) is 6.41. The zero-order valence-electron chi connectivity index (χ0n) is 31.8. The first-order valence-electron chi connectivity index (χ1n) is 17.7. The summed E-state index contributed by atoms with van der Waals surface area (Å²) < 4.78 is 29.3. The van der Waals surface area contributed by atoms with Crippen molar-refractivity contribution in [1.29, 1.82) is 5.41 Å². The minimum Gasteiger partial charge on any atom is -0.478 e. The molecule has 0 radical (unpaired) electrons. The predicted molar refractivity (Wildman–Crippen MR) is 243 cm³/mol. The lowest BCUT2D eigenvalue weighted by Crippen LogP contribution is -2.18. The van der Waals surface area contributed by atoms with Crippen molar-refractivity contribution >= 4 is 70.9 Å². The normalized spacial score (nSPS) is 10.1. The van der Waals surface area contributed by atoms with Gasteiger partial charge in [-0.25, -0.2) is 30.8 Å². The van der Waals surface area contributed by atoms with Gasteiger partial charge >= 0.3 is 0 Å². The third kappa shape index (κ3) is 12.3. The number of aromatic nitrogens is 7. The minimum atomic E-state index is 0. The number of pyridine rings is 2. The van der Waals surface area contributed by atoms with Gasteiger partial charge in [-0.2, -0.15) is 5.10 Å². The van der Waals surface area contributed by atoms with Gasteiger partial charge in [0.25, 0.3) is 0 Å². The summed E-state index contributed by atoms with van der Waals surface area (Å²) >= 11 is 2.22. The molecule has 328 valence electrons. The molecule has 7 aromatic heterocycles. The third-order valence-corrected chi connectivity index (χ3v) is 9.35. The summed E-state index contributed by atoms with van der Waals surface area (Å²) in [7, 11) is 0. The number of nitrogens with one attached hydrogen (secondary N) is 3. The van der Waals surface area contributed by atoms with Crippen molar-refractivity contribution in [3.8, 4) is 33.6 Å². The number of aromatic amines is 1. The summed E-state index contributed by atoms with van der Waals surface area (Å²) in [4.78, 5) is 34.9. The van der Waals surface area contributed by atoms with E-state index in [1.165, 1.54) is 15.8 Å². The van der Waals surface area contributed by atoms with Gasteiger partial charge in [0.2, 0.25) is 12.3 Å². The van der Waals surface area contributed by atoms with Gasteiger partial charge in [-0.15, -0.1) is 21.9 Å². The fraction of sp³-hybridized carbons (Fsp3) is 0.0952. The van der Waals surface area contributed by atoms with E-state index < -0.39 is 0 Å². The first-order chi connectivity index (χ1) is 29.6. The molecule has 2 aromatic carbocycles. The molecule has 5 N–H and O–H groups in total. The zero-order valence-corrected chi connectivity index (χ0v) is 34.3. The lowest BCUT2D eigenvalue weighted by molar-refractivity contribution is -0.188. The SMILES string of the molecule is C.C.CCOC(=N)c1cnc2c(c1)c(-c1ccoc1)cn2OOSc1ccccc1.Cl.NNC=O.c1ccc(SOOn2cc(-c3ccoc3)c3cc(-c4ncn[nH]4)cnc32)cc1. The Morgan fingerprint density at radius 1 is 0.794 bits per heavy atom. The van der Waals surface area contributed by atoms with E-state index in [1.807, 2.05) is 91.9 Å². The highest BCUT2D eigenvalue weighted by atomic mass is 35.5. The maximum Gasteiger partial charge on any atom is 0.221 e. The van der Waals surface area contributed by atoms with E-state index in [-0.39, 0.29) is 33.2 Å². The number of rotatable bonds is 14. The van der Waals surface area contributed by atoms with E-state index in [0.717, 1.165) is 72.5 Å².